The highest BCUT2D eigenvalue weighted by Crippen LogP contribution is 2.33. The van der Waals surface area contributed by atoms with Gasteiger partial charge in [0.05, 0.1) is 12.2 Å². The smallest absolute Gasteiger partial charge is 0.242 e. The van der Waals surface area contributed by atoms with Gasteiger partial charge in [-0.15, -0.1) is 0 Å². The van der Waals surface area contributed by atoms with Crippen molar-refractivity contribution >= 4 is 11.7 Å². The molecule has 1 amide bonds. The first kappa shape index (κ1) is 11.6. The normalized spacial score (nSPS) is 30.8. The number of anilines is 1. The molecule has 18 heavy (non-hydrogen) atoms. The maximum Gasteiger partial charge on any atom is 0.242 e. The second kappa shape index (κ2) is 5.02. The number of rotatable bonds is 2. The quantitative estimate of drug-likeness (QED) is 0.826. The fourth-order valence-corrected chi connectivity index (χ4v) is 3.10. The summed E-state index contributed by atoms with van der Waals surface area (Å²) in [6, 6.07) is 0.469. The summed E-state index contributed by atoms with van der Waals surface area (Å²) in [5.74, 6) is 1.22. The van der Waals surface area contributed by atoms with Crippen LogP contribution in [0.3, 0.4) is 0 Å². The number of fused-ring (bicyclic) bond motifs is 1. The predicted octanol–water partition coefficient (Wildman–Crippen LogP) is 1.34. The molecule has 0 aromatic carbocycles. The minimum absolute atomic E-state index is 0.0184. The zero-order valence-corrected chi connectivity index (χ0v) is 10.3. The molecule has 2 aliphatic rings. The number of nitrogens with zero attached hydrogens (tertiary/aromatic N) is 2. The van der Waals surface area contributed by atoms with Crippen molar-refractivity contribution in [2.75, 3.05) is 5.32 Å². The van der Waals surface area contributed by atoms with E-state index in [1.165, 1.54) is 25.7 Å². The van der Waals surface area contributed by atoms with Gasteiger partial charge in [0.2, 0.25) is 5.91 Å². The standard InChI is InChI=1S/C13H18N4O/c18-13(17-12-8-14-5-6-15-12)11-7-9-3-1-2-4-10(9)16-11/h5-6,8-11,16H,1-4,7H2,(H,15,17,18). The number of carbonyl (C=O) groups is 1. The van der Waals surface area contributed by atoms with Crippen molar-refractivity contribution in [1.82, 2.24) is 15.3 Å². The molecule has 96 valence electrons. The topological polar surface area (TPSA) is 66.9 Å². The average Bonchev–Trinajstić information content (AvgIpc) is 2.84. The Balaban J connectivity index is 1.60. The third kappa shape index (κ3) is 2.36. The van der Waals surface area contributed by atoms with Crippen LogP contribution < -0.4 is 10.6 Å². The molecule has 0 bridgehead atoms. The van der Waals surface area contributed by atoms with E-state index in [0.29, 0.717) is 17.8 Å². The number of carbonyl (C=O) groups excluding carboxylic acids is 1. The summed E-state index contributed by atoms with van der Waals surface area (Å²) in [5.41, 5.74) is 0. The van der Waals surface area contributed by atoms with E-state index in [0.717, 1.165) is 6.42 Å². The predicted molar refractivity (Wildman–Crippen MR) is 67.9 cm³/mol. The molecule has 1 saturated heterocycles. The average molecular weight is 246 g/mol. The zero-order valence-electron chi connectivity index (χ0n) is 10.3. The van der Waals surface area contributed by atoms with Gasteiger partial charge < -0.3 is 10.6 Å². The van der Waals surface area contributed by atoms with E-state index in [1.54, 1.807) is 18.6 Å². The summed E-state index contributed by atoms with van der Waals surface area (Å²) in [5, 5.41) is 6.27. The van der Waals surface area contributed by atoms with Gasteiger partial charge in [-0.2, -0.15) is 0 Å². The summed E-state index contributed by atoms with van der Waals surface area (Å²) in [7, 11) is 0. The van der Waals surface area contributed by atoms with E-state index >= 15 is 0 Å². The van der Waals surface area contributed by atoms with E-state index in [4.69, 9.17) is 0 Å². The van der Waals surface area contributed by atoms with Crippen LogP contribution in [0, 0.1) is 5.92 Å². The highest BCUT2D eigenvalue weighted by molar-refractivity contribution is 5.94. The summed E-state index contributed by atoms with van der Waals surface area (Å²) >= 11 is 0. The number of amides is 1. The Morgan fingerprint density at radius 2 is 2.22 bits per heavy atom. The van der Waals surface area contributed by atoms with Crippen molar-refractivity contribution in [3.63, 3.8) is 0 Å². The fraction of sp³-hybridized carbons (Fsp3) is 0.615. The molecule has 2 heterocycles. The molecule has 3 atom stereocenters. The van der Waals surface area contributed by atoms with Crippen LogP contribution in [0.4, 0.5) is 5.82 Å². The van der Waals surface area contributed by atoms with Crippen LogP contribution >= 0.6 is 0 Å². The molecule has 5 heteroatoms. The second-order valence-electron chi connectivity index (χ2n) is 5.19. The van der Waals surface area contributed by atoms with Crippen LogP contribution in [-0.2, 0) is 4.79 Å². The van der Waals surface area contributed by atoms with Crippen molar-refractivity contribution in [2.24, 2.45) is 5.92 Å². The number of aromatic nitrogens is 2. The van der Waals surface area contributed by atoms with Crippen LogP contribution in [0.25, 0.3) is 0 Å². The molecular formula is C13H18N4O. The summed E-state index contributed by atoms with van der Waals surface area (Å²) in [6.07, 6.45) is 10.8. The maximum atomic E-state index is 12.1. The minimum atomic E-state index is -0.0693. The molecule has 2 N–H and O–H groups in total. The molecule has 1 aromatic rings. The molecule has 2 fully saturated rings. The Labute approximate surface area is 106 Å². The molecule has 0 spiro atoms. The Bertz CT molecular complexity index is 408. The van der Waals surface area contributed by atoms with Crippen LogP contribution in [0.2, 0.25) is 0 Å². The molecule has 3 unspecified atom stereocenters. The SMILES string of the molecule is O=C(Nc1cnccn1)C1CC2CCCCC2N1. The Morgan fingerprint density at radius 1 is 1.33 bits per heavy atom. The van der Waals surface area contributed by atoms with Gasteiger partial charge >= 0.3 is 0 Å². The van der Waals surface area contributed by atoms with Gasteiger partial charge in [0.15, 0.2) is 5.82 Å². The number of hydrogen-bond acceptors (Lipinski definition) is 4. The molecule has 0 radical (unpaired) electrons. The zero-order chi connectivity index (χ0) is 12.4. The Hall–Kier alpha value is -1.49. The van der Waals surface area contributed by atoms with Gasteiger partial charge in [0.25, 0.3) is 0 Å². The van der Waals surface area contributed by atoms with Gasteiger partial charge in [-0.1, -0.05) is 12.8 Å². The molecule has 1 aliphatic carbocycles. The lowest BCUT2D eigenvalue weighted by atomic mass is 9.85. The highest BCUT2D eigenvalue weighted by atomic mass is 16.2. The first-order valence-corrected chi connectivity index (χ1v) is 6.66. The largest absolute Gasteiger partial charge is 0.308 e. The minimum Gasteiger partial charge on any atom is -0.308 e. The molecule has 3 rings (SSSR count). The van der Waals surface area contributed by atoms with Gasteiger partial charge in [-0.05, 0) is 25.2 Å². The Morgan fingerprint density at radius 3 is 3.00 bits per heavy atom. The lowest BCUT2D eigenvalue weighted by Crippen LogP contribution is -2.40. The third-order valence-electron chi connectivity index (χ3n) is 3.99. The monoisotopic (exact) mass is 246 g/mol. The van der Waals surface area contributed by atoms with E-state index in [9.17, 15) is 4.79 Å². The molecule has 1 aromatic heterocycles. The number of hydrogen-bond donors (Lipinski definition) is 2. The molecule has 1 saturated carbocycles. The molecular weight excluding hydrogens is 228 g/mol. The summed E-state index contributed by atoms with van der Waals surface area (Å²) in [4.78, 5) is 20.1. The van der Waals surface area contributed by atoms with Gasteiger partial charge in [0, 0.05) is 18.4 Å². The summed E-state index contributed by atoms with van der Waals surface area (Å²) < 4.78 is 0. The van der Waals surface area contributed by atoms with E-state index < -0.39 is 0 Å². The van der Waals surface area contributed by atoms with Crippen molar-refractivity contribution in [2.45, 2.75) is 44.2 Å². The van der Waals surface area contributed by atoms with Crippen LogP contribution in [-0.4, -0.2) is 28.0 Å². The Kier molecular flexibility index (Phi) is 3.23. The van der Waals surface area contributed by atoms with Crippen molar-refractivity contribution in [1.29, 1.82) is 0 Å². The van der Waals surface area contributed by atoms with Gasteiger partial charge in [0.1, 0.15) is 0 Å². The lowest BCUT2D eigenvalue weighted by Gasteiger charge is -2.24. The summed E-state index contributed by atoms with van der Waals surface area (Å²) in [6.45, 7) is 0. The second-order valence-corrected chi connectivity index (χ2v) is 5.19. The first-order chi connectivity index (χ1) is 8.83. The van der Waals surface area contributed by atoms with Gasteiger partial charge in [-0.3, -0.25) is 9.78 Å². The fourth-order valence-electron chi connectivity index (χ4n) is 3.10. The van der Waals surface area contributed by atoms with Gasteiger partial charge in [-0.25, -0.2) is 4.98 Å². The van der Waals surface area contributed by atoms with E-state index in [1.807, 2.05) is 0 Å². The highest BCUT2D eigenvalue weighted by Gasteiger charge is 2.38. The van der Waals surface area contributed by atoms with Crippen molar-refractivity contribution < 1.29 is 4.79 Å². The van der Waals surface area contributed by atoms with E-state index in [2.05, 4.69) is 20.6 Å². The van der Waals surface area contributed by atoms with Crippen molar-refractivity contribution in [3.8, 4) is 0 Å². The number of nitrogens with one attached hydrogen (secondary N) is 2. The van der Waals surface area contributed by atoms with Crippen LogP contribution in [0.1, 0.15) is 32.1 Å². The first-order valence-electron chi connectivity index (χ1n) is 6.66. The van der Waals surface area contributed by atoms with Crippen molar-refractivity contribution in [3.05, 3.63) is 18.6 Å². The van der Waals surface area contributed by atoms with Crippen LogP contribution in [0.15, 0.2) is 18.6 Å². The maximum absolute atomic E-state index is 12.1. The third-order valence-corrected chi connectivity index (χ3v) is 3.99. The molecule has 5 nitrogen and oxygen atoms in total. The molecule has 1 aliphatic heterocycles. The van der Waals surface area contributed by atoms with Crippen LogP contribution in [0.5, 0.6) is 0 Å². The van der Waals surface area contributed by atoms with E-state index in [-0.39, 0.29) is 11.9 Å². The lowest BCUT2D eigenvalue weighted by molar-refractivity contribution is -0.117.